The van der Waals surface area contributed by atoms with E-state index in [0.29, 0.717) is 5.76 Å². The highest BCUT2D eigenvalue weighted by Gasteiger charge is 2.29. The van der Waals surface area contributed by atoms with Gasteiger partial charge < -0.3 is 19.3 Å². The molecule has 0 bridgehead atoms. The first kappa shape index (κ1) is 13.4. The predicted molar refractivity (Wildman–Crippen MR) is 54.0 cm³/mol. The van der Waals surface area contributed by atoms with E-state index in [1.54, 1.807) is 27.2 Å². The van der Waals surface area contributed by atoms with E-state index in [1.807, 2.05) is 6.92 Å². The van der Waals surface area contributed by atoms with Gasteiger partial charge in [0.2, 0.25) is 0 Å². The van der Waals surface area contributed by atoms with Gasteiger partial charge in [-0.15, -0.1) is 0 Å². The van der Waals surface area contributed by atoms with Gasteiger partial charge in [0.15, 0.2) is 0 Å². The molecule has 0 aliphatic heterocycles. The second-order valence-electron chi connectivity index (χ2n) is 2.99. The first-order chi connectivity index (χ1) is 6.62. The van der Waals surface area contributed by atoms with E-state index in [-0.39, 0.29) is 6.10 Å². The van der Waals surface area contributed by atoms with Gasteiger partial charge in [0.1, 0.15) is 18.0 Å². The van der Waals surface area contributed by atoms with Crippen molar-refractivity contribution in [2.24, 2.45) is 0 Å². The number of aliphatic hydroxyl groups excluding tert-OH is 1. The minimum absolute atomic E-state index is 0.380. The summed E-state index contributed by atoms with van der Waals surface area (Å²) in [6.45, 7) is 3.50. The number of allylic oxidation sites excluding steroid dienone is 1. The standard InChI is InChI=1S/C10H20O4/c1-6-8(12-3)10(14-5)9(13-4)7(2)11/h6-7,9-11H,1-5H3/b8-6+. The fourth-order valence-corrected chi connectivity index (χ4v) is 1.38. The number of hydrogen-bond donors (Lipinski definition) is 1. The third kappa shape index (κ3) is 3.29. The summed E-state index contributed by atoms with van der Waals surface area (Å²) in [4.78, 5) is 0. The molecule has 0 aromatic rings. The van der Waals surface area contributed by atoms with Crippen LogP contribution < -0.4 is 0 Å². The molecule has 3 atom stereocenters. The van der Waals surface area contributed by atoms with Crippen molar-refractivity contribution in [3.8, 4) is 0 Å². The molecule has 0 aliphatic carbocycles. The fourth-order valence-electron chi connectivity index (χ4n) is 1.38. The normalized spacial score (nSPS) is 18.9. The van der Waals surface area contributed by atoms with Crippen molar-refractivity contribution < 1.29 is 19.3 Å². The van der Waals surface area contributed by atoms with Gasteiger partial charge in [0.25, 0.3) is 0 Å². The third-order valence-electron chi connectivity index (χ3n) is 2.10. The molecule has 3 unspecified atom stereocenters. The number of aliphatic hydroxyl groups is 1. The van der Waals surface area contributed by atoms with Crippen molar-refractivity contribution >= 4 is 0 Å². The average Bonchev–Trinajstić information content (AvgIpc) is 2.17. The Kier molecular flexibility index (Phi) is 6.53. The van der Waals surface area contributed by atoms with E-state index in [0.717, 1.165) is 0 Å². The van der Waals surface area contributed by atoms with Crippen molar-refractivity contribution in [1.29, 1.82) is 0 Å². The zero-order valence-corrected chi connectivity index (χ0v) is 9.48. The quantitative estimate of drug-likeness (QED) is 0.654. The highest BCUT2D eigenvalue weighted by atomic mass is 16.6. The minimum atomic E-state index is -0.616. The Bertz CT molecular complexity index is 177. The van der Waals surface area contributed by atoms with Crippen LogP contribution in [-0.2, 0) is 14.2 Å². The largest absolute Gasteiger partial charge is 0.499 e. The fraction of sp³-hybridized carbons (Fsp3) is 0.800. The summed E-state index contributed by atoms with van der Waals surface area (Å²) in [7, 11) is 4.66. The van der Waals surface area contributed by atoms with Gasteiger partial charge in [-0.05, 0) is 19.9 Å². The first-order valence-electron chi connectivity index (χ1n) is 4.56. The van der Waals surface area contributed by atoms with E-state index in [9.17, 15) is 5.11 Å². The Labute approximate surface area is 85.5 Å². The molecule has 0 aromatic heterocycles. The lowest BCUT2D eigenvalue weighted by molar-refractivity contribution is -0.0895. The molecule has 0 saturated heterocycles. The Morgan fingerprint density at radius 2 is 1.79 bits per heavy atom. The Morgan fingerprint density at radius 1 is 1.21 bits per heavy atom. The summed E-state index contributed by atoms with van der Waals surface area (Å²) in [5, 5.41) is 9.47. The van der Waals surface area contributed by atoms with Crippen molar-refractivity contribution in [2.45, 2.75) is 32.2 Å². The molecule has 0 heterocycles. The number of ether oxygens (including phenoxy) is 3. The minimum Gasteiger partial charge on any atom is -0.499 e. The van der Waals surface area contributed by atoms with Crippen molar-refractivity contribution in [2.75, 3.05) is 21.3 Å². The molecule has 0 rings (SSSR count). The molecule has 0 aromatic carbocycles. The predicted octanol–water partition coefficient (Wildman–Crippen LogP) is 0.947. The highest BCUT2D eigenvalue weighted by molar-refractivity contribution is 5.03. The van der Waals surface area contributed by atoms with E-state index in [1.165, 1.54) is 7.11 Å². The molecule has 0 spiro atoms. The van der Waals surface area contributed by atoms with E-state index >= 15 is 0 Å². The molecule has 0 fully saturated rings. The molecule has 4 heteroatoms. The maximum atomic E-state index is 9.47. The van der Waals surface area contributed by atoms with Crippen LogP contribution in [0.15, 0.2) is 11.8 Å². The van der Waals surface area contributed by atoms with E-state index in [2.05, 4.69) is 0 Å². The second kappa shape index (κ2) is 6.81. The lowest BCUT2D eigenvalue weighted by Crippen LogP contribution is -2.40. The molecule has 1 N–H and O–H groups in total. The molecular formula is C10H20O4. The molecule has 0 aliphatic rings. The van der Waals surface area contributed by atoms with Crippen LogP contribution in [0.1, 0.15) is 13.8 Å². The SMILES string of the molecule is C/C=C(/OC)C(OC)C(OC)C(C)O. The monoisotopic (exact) mass is 204 g/mol. The van der Waals surface area contributed by atoms with Crippen LogP contribution in [0.25, 0.3) is 0 Å². The topological polar surface area (TPSA) is 47.9 Å². The van der Waals surface area contributed by atoms with Crippen LogP contribution in [0.4, 0.5) is 0 Å². The lowest BCUT2D eigenvalue weighted by Gasteiger charge is -2.27. The molecular weight excluding hydrogens is 184 g/mol. The molecule has 84 valence electrons. The van der Waals surface area contributed by atoms with E-state index in [4.69, 9.17) is 14.2 Å². The lowest BCUT2D eigenvalue weighted by atomic mass is 10.1. The van der Waals surface area contributed by atoms with Gasteiger partial charge in [0, 0.05) is 14.2 Å². The molecule has 0 saturated carbocycles. The summed E-state index contributed by atoms with van der Waals surface area (Å²) in [6.07, 6.45) is 0.374. The summed E-state index contributed by atoms with van der Waals surface area (Å²) in [5.41, 5.74) is 0. The summed E-state index contributed by atoms with van der Waals surface area (Å²) < 4.78 is 15.5. The number of methoxy groups -OCH3 is 3. The van der Waals surface area contributed by atoms with Crippen LogP contribution in [0, 0.1) is 0 Å². The molecule has 14 heavy (non-hydrogen) atoms. The van der Waals surface area contributed by atoms with Crippen LogP contribution in [0.5, 0.6) is 0 Å². The maximum Gasteiger partial charge on any atom is 0.142 e. The van der Waals surface area contributed by atoms with Crippen LogP contribution >= 0.6 is 0 Å². The van der Waals surface area contributed by atoms with E-state index < -0.39 is 12.2 Å². The van der Waals surface area contributed by atoms with Crippen LogP contribution in [0.3, 0.4) is 0 Å². The Balaban J connectivity index is 4.66. The number of hydrogen-bond acceptors (Lipinski definition) is 4. The van der Waals surface area contributed by atoms with Gasteiger partial charge in [-0.1, -0.05) is 0 Å². The van der Waals surface area contributed by atoms with Gasteiger partial charge in [-0.3, -0.25) is 0 Å². The highest BCUT2D eigenvalue weighted by Crippen LogP contribution is 2.16. The van der Waals surface area contributed by atoms with Crippen LogP contribution in [0.2, 0.25) is 0 Å². The summed E-state index contributed by atoms with van der Waals surface area (Å²) in [5.74, 6) is 0.653. The van der Waals surface area contributed by atoms with Crippen LogP contribution in [-0.4, -0.2) is 44.7 Å². The zero-order chi connectivity index (χ0) is 11.1. The Hall–Kier alpha value is -0.580. The van der Waals surface area contributed by atoms with Crippen molar-refractivity contribution in [1.82, 2.24) is 0 Å². The Morgan fingerprint density at radius 3 is 2.00 bits per heavy atom. The van der Waals surface area contributed by atoms with Crippen molar-refractivity contribution in [3.63, 3.8) is 0 Å². The van der Waals surface area contributed by atoms with Gasteiger partial charge in [-0.2, -0.15) is 0 Å². The second-order valence-corrected chi connectivity index (χ2v) is 2.99. The molecule has 4 nitrogen and oxygen atoms in total. The van der Waals surface area contributed by atoms with Gasteiger partial charge >= 0.3 is 0 Å². The summed E-state index contributed by atoms with van der Waals surface area (Å²) >= 11 is 0. The molecule has 0 radical (unpaired) electrons. The zero-order valence-electron chi connectivity index (χ0n) is 9.48. The van der Waals surface area contributed by atoms with Crippen molar-refractivity contribution in [3.05, 3.63) is 11.8 Å². The first-order valence-corrected chi connectivity index (χ1v) is 4.56. The third-order valence-corrected chi connectivity index (χ3v) is 2.10. The van der Waals surface area contributed by atoms with Gasteiger partial charge in [-0.25, -0.2) is 0 Å². The smallest absolute Gasteiger partial charge is 0.142 e. The molecule has 0 amide bonds. The van der Waals surface area contributed by atoms with Gasteiger partial charge in [0.05, 0.1) is 13.2 Å². The number of rotatable bonds is 6. The maximum absolute atomic E-state index is 9.47. The average molecular weight is 204 g/mol. The summed E-state index contributed by atoms with van der Waals surface area (Å²) in [6, 6.07) is 0.